The van der Waals surface area contributed by atoms with Gasteiger partial charge in [-0.05, 0) is 60.0 Å². The zero-order valence-corrected chi connectivity index (χ0v) is 19.9. The molecule has 4 aromatic rings. The van der Waals surface area contributed by atoms with Gasteiger partial charge in [0.2, 0.25) is 0 Å². The van der Waals surface area contributed by atoms with Gasteiger partial charge in [-0.1, -0.05) is 67.1 Å². The highest BCUT2D eigenvalue weighted by Gasteiger charge is 2.15. The predicted molar refractivity (Wildman–Crippen MR) is 140 cm³/mol. The molecule has 4 rings (SSSR count). The number of hydrogen-bond acceptors (Lipinski definition) is 5. The second kappa shape index (κ2) is 11.1. The lowest BCUT2D eigenvalue weighted by atomic mass is 10.0. The topological polar surface area (TPSA) is 96.9 Å². The Morgan fingerprint density at radius 3 is 2.31 bits per heavy atom. The Hall–Kier alpha value is -4.78. The Morgan fingerprint density at radius 2 is 1.58 bits per heavy atom. The van der Waals surface area contributed by atoms with Crippen LogP contribution in [0.3, 0.4) is 0 Å². The molecule has 7 nitrogen and oxygen atoms in total. The van der Waals surface area contributed by atoms with Crippen LogP contribution in [0.4, 0.5) is 5.69 Å². The first kappa shape index (κ1) is 24.3. The van der Waals surface area contributed by atoms with Crippen molar-refractivity contribution < 1.29 is 19.1 Å². The minimum absolute atomic E-state index is 0.276. The Balaban J connectivity index is 1.51. The summed E-state index contributed by atoms with van der Waals surface area (Å²) in [5, 5.41) is 8.16. The van der Waals surface area contributed by atoms with Gasteiger partial charge in [-0.25, -0.2) is 10.2 Å². The molecular formula is C29H25N3O4. The molecule has 0 atom stereocenters. The van der Waals surface area contributed by atoms with E-state index in [2.05, 4.69) is 15.8 Å². The second-order valence-electron chi connectivity index (χ2n) is 8.16. The molecule has 0 fully saturated rings. The van der Waals surface area contributed by atoms with Crippen LogP contribution in [0.25, 0.3) is 10.8 Å². The lowest BCUT2D eigenvalue weighted by Crippen LogP contribution is -2.32. The second-order valence-corrected chi connectivity index (χ2v) is 8.16. The molecule has 0 unspecified atom stereocenters. The molecule has 180 valence electrons. The van der Waals surface area contributed by atoms with E-state index in [1.165, 1.54) is 6.21 Å². The number of carbonyl (C=O) groups is 3. The maximum atomic E-state index is 12.7. The first-order chi connectivity index (χ1) is 17.4. The molecule has 0 aliphatic carbocycles. The van der Waals surface area contributed by atoms with Crippen molar-refractivity contribution in [2.75, 3.05) is 5.32 Å². The van der Waals surface area contributed by atoms with Crippen molar-refractivity contribution in [1.29, 1.82) is 0 Å². The number of nitrogens with zero attached hydrogens (tertiary/aromatic N) is 1. The first-order valence-electron chi connectivity index (χ1n) is 11.5. The van der Waals surface area contributed by atoms with Crippen LogP contribution < -0.4 is 15.5 Å². The number of ether oxygens (including phenoxy) is 1. The molecule has 0 spiro atoms. The normalized spacial score (nSPS) is 10.8. The summed E-state index contributed by atoms with van der Waals surface area (Å²) in [7, 11) is 0. The van der Waals surface area contributed by atoms with Gasteiger partial charge in [0.05, 0.1) is 11.8 Å². The number of fused-ring (bicyclic) bond motifs is 1. The van der Waals surface area contributed by atoms with Gasteiger partial charge in [-0.15, -0.1) is 0 Å². The van der Waals surface area contributed by atoms with Gasteiger partial charge < -0.3 is 10.1 Å². The summed E-state index contributed by atoms with van der Waals surface area (Å²) >= 11 is 0. The van der Waals surface area contributed by atoms with Gasteiger partial charge in [0.25, 0.3) is 0 Å². The molecule has 0 bridgehead atoms. The Kier molecular flexibility index (Phi) is 7.51. The van der Waals surface area contributed by atoms with Crippen molar-refractivity contribution in [3.05, 3.63) is 107 Å². The van der Waals surface area contributed by atoms with E-state index in [9.17, 15) is 14.4 Å². The molecule has 0 heterocycles. The summed E-state index contributed by atoms with van der Waals surface area (Å²) in [5.41, 5.74) is 5.80. The molecule has 36 heavy (non-hydrogen) atoms. The molecule has 2 N–H and O–H groups in total. The Bertz CT molecular complexity index is 1440. The number of carbonyl (C=O) groups excluding carboxylic acids is 3. The summed E-state index contributed by atoms with van der Waals surface area (Å²) in [6.07, 6.45) is 2.24. The molecule has 0 saturated heterocycles. The van der Waals surface area contributed by atoms with Crippen LogP contribution in [0.1, 0.15) is 34.0 Å². The fourth-order valence-corrected chi connectivity index (χ4v) is 3.56. The minimum atomic E-state index is -0.927. The highest BCUT2D eigenvalue weighted by atomic mass is 16.5. The number of hydrogen-bond donors (Lipinski definition) is 2. The molecular weight excluding hydrogens is 454 g/mol. The summed E-state index contributed by atoms with van der Waals surface area (Å²) in [5.74, 6) is -2.01. The van der Waals surface area contributed by atoms with Crippen LogP contribution in [-0.2, 0) is 16.0 Å². The van der Waals surface area contributed by atoms with Crippen LogP contribution in [0.15, 0.2) is 90.0 Å². The van der Waals surface area contributed by atoms with E-state index >= 15 is 0 Å². The van der Waals surface area contributed by atoms with E-state index < -0.39 is 17.8 Å². The molecule has 4 aromatic carbocycles. The number of nitrogens with one attached hydrogen (secondary N) is 2. The molecule has 0 saturated carbocycles. The third-order valence-electron chi connectivity index (χ3n) is 5.61. The van der Waals surface area contributed by atoms with Crippen molar-refractivity contribution in [2.24, 2.45) is 5.10 Å². The SMILES string of the molecule is CCc1ccc(NC(=O)C(=O)N/N=C/c2c(OC(=O)c3ccc(C)cc3)ccc3ccccc23)cc1. The van der Waals surface area contributed by atoms with Crippen molar-refractivity contribution in [1.82, 2.24) is 5.43 Å². The highest BCUT2D eigenvalue weighted by Crippen LogP contribution is 2.27. The molecule has 0 radical (unpaired) electrons. The van der Waals surface area contributed by atoms with E-state index in [1.807, 2.05) is 68.4 Å². The van der Waals surface area contributed by atoms with Gasteiger partial charge in [-0.2, -0.15) is 5.10 Å². The summed E-state index contributed by atoms with van der Waals surface area (Å²) in [4.78, 5) is 37.2. The number of rotatable bonds is 6. The van der Waals surface area contributed by atoms with Crippen LogP contribution in [-0.4, -0.2) is 24.0 Å². The molecule has 2 amide bonds. The molecule has 0 aromatic heterocycles. The Labute approximate surface area is 208 Å². The van der Waals surface area contributed by atoms with Crippen LogP contribution in [0.2, 0.25) is 0 Å². The van der Waals surface area contributed by atoms with Crippen molar-refractivity contribution >= 4 is 40.5 Å². The van der Waals surface area contributed by atoms with E-state index in [4.69, 9.17) is 4.74 Å². The summed E-state index contributed by atoms with van der Waals surface area (Å²) < 4.78 is 5.66. The minimum Gasteiger partial charge on any atom is -0.422 e. The largest absolute Gasteiger partial charge is 0.422 e. The third-order valence-corrected chi connectivity index (χ3v) is 5.61. The fourth-order valence-electron chi connectivity index (χ4n) is 3.56. The van der Waals surface area contributed by atoms with Gasteiger partial charge in [0.1, 0.15) is 5.75 Å². The zero-order valence-electron chi connectivity index (χ0n) is 19.9. The number of esters is 1. The third kappa shape index (κ3) is 5.82. The van der Waals surface area contributed by atoms with Gasteiger partial charge in [0, 0.05) is 11.3 Å². The lowest BCUT2D eigenvalue weighted by Gasteiger charge is -2.11. The average Bonchev–Trinajstić information content (AvgIpc) is 2.90. The van der Waals surface area contributed by atoms with Crippen LogP contribution in [0.5, 0.6) is 5.75 Å². The van der Waals surface area contributed by atoms with Crippen molar-refractivity contribution in [2.45, 2.75) is 20.3 Å². The number of amides is 2. The van der Waals surface area contributed by atoms with Gasteiger partial charge in [-0.3, -0.25) is 9.59 Å². The molecule has 0 aliphatic heterocycles. The van der Waals surface area contributed by atoms with Gasteiger partial charge >= 0.3 is 17.8 Å². The Morgan fingerprint density at radius 1 is 0.861 bits per heavy atom. The summed E-state index contributed by atoms with van der Waals surface area (Å²) in [6.45, 7) is 3.97. The highest BCUT2D eigenvalue weighted by molar-refractivity contribution is 6.39. The van der Waals surface area contributed by atoms with Gasteiger partial charge in [0.15, 0.2) is 0 Å². The van der Waals surface area contributed by atoms with E-state index in [1.54, 1.807) is 30.3 Å². The fraction of sp³-hybridized carbons (Fsp3) is 0.103. The van der Waals surface area contributed by atoms with E-state index in [0.29, 0.717) is 16.8 Å². The zero-order chi connectivity index (χ0) is 25.5. The van der Waals surface area contributed by atoms with Crippen LogP contribution in [0, 0.1) is 6.92 Å². The maximum absolute atomic E-state index is 12.7. The monoisotopic (exact) mass is 479 g/mol. The number of hydrazone groups is 1. The van der Waals surface area contributed by atoms with Crippen LogP contribution >= 0.6 is 0 Å². The van der Waals surface area contributed by atoms with E-state index in [0.717, 1.165) is 28.3 Å². The standard InChI is InChI=1S/C29H25N3O4/c1-3-20-10-15-23(16-11-20)31-27(33)28(34)32-30-18-25-24-7-5-4-6-21(24)14-17-26(25)36-29(35)22-12-8-19(2)9-13-22/h4-18H,3H2,1-2H3,(H,31,33)(H,32,34)/b30-18+. The smallest absolute Gasteiger partial charge is 0.343 e. The lowest BCUT2D eigenvalue weighted by molar-refractivity contribution is -0.136. The summed E-state index contributed by atoms with van der Waals surface area (Å²) in [6, 6.07) is 25.3. The van der Waals surface area contributed by atoms with E-state index in [-0.39, 0.29) is 5.75 Å². The predicted octanol–water partition coefficient (Wildman–Crippen LogP) is 5.02. The number of aryl methyl sites for hydroxylation is 2. The molecule has 0 aliphatic rings. The van der Waals surface area contributed by atoms with Crippen molar-refractivity contribution in [3.63, 3.8) is 0 Å². The maximum Gasteiger partial charge on any atom is 0.343 e. The quantitative estimate of drug-likeness (QED) is 0.133. The number of benzene rings is 4. The first-order valence-corrected chi connectivity index (χ1v) is 11.5. The number of anilines is 1. The average molecular weight is 480 g/mol. The van der Waals surface area contributed by atoms with Crippen molar-refractivity contribution in [3.8, 4) is 5.75 Å². The molecule has 7 heteroatoms.